The molecule has 35 heavy (non-hydrogen) atoms. The van der Waals surface area contributed by atoms with E-state index >= 15 is 0 Å². The van der Waals surface area contributed by atoms with Gasteiger partial charge in [-0.25, -0.2) is 19.5 Å². The van der Waals surface area contributed by atoms with Crippen LogP contribution in [0.2, 0.25) is 0 Å². The highest BCUT2D eigenvalue weighted by atomic mass is 16.1. The summed E-state index contributed by atoms with van der Waals surface area (Å²) in [5, 5.41) is 8.27. The number of pyridine rings is 1. The molecule has 0 aliphatic heterocycles. The van der Waals surface area contributed by atoms with E-state index in [1.54, 1.807) is 11.6 Å². The third-order valence-corrected chi connectivity index (χ3v) is 7.05. The summed E-state index contributed by atoms with van der Waals surface area (Å²) in [4.78, 5) is 26.3. The van der Waals surface area contributed by atoms with Crippen LogP contribution in [0.3, 0.4) is 0 Å². The van der Waals surface area contributed by atoms with Gasteiger partial charge in [-0.05, 0) is 31.4 Å². The Balaban J connectivity index is 1.49. The molecule has 174 valence electrons. The molecule has 0 unspecified atom stereocenters. The van der Waals surface area contributed by atoms with Crippen LogP contribution >= 0.6 is 0 Å². The minimum atomic E-state index is 0.00277. The fourth-order valence-corrected chi connectivity index (χ4v) is 5.03. The molecular formula is C27H25N7O. The van der Waals surface area contributed by atoms with Crippen LogP contribution in [0.4, 0.5) is 5.82 Å². The fourth-order valence-electron chi connectivity index (χ4n) is 5.03. The predicted octanol–water partition coefficient (Wildman–Crippen LogP) is 4.14. The van der Waals surface area contributed by atoms with E-state index in [0.29, 0.717) is 11.3 Å². The van der Waals surface area contributed by atoms with Crippen molar-refractivity contribution in [3.63, 3.8) is 0 Å². The number of fused-ring (bicyclic) bond motifs is 2. The number of nitrogens with one attached hydrogen (secondary N) is 1. The minimum Gasteiger partial charge on any atom is -0.382 e. The number of carbonyl (C=O) groups excluding carboxylic acids is 1. The number of aromatic nitrogens is 5. The lowest BCUT2D eigenvalue weighted by molar-refractivity contribution is -0.127. The van der Waals surface area contributed by atoms with Crippen LogP contribution < -0.4 is 11.1 Å². The molecule has 5 aromatic rings. The molecule has 1 aliphatic carbocycles. The molecular weight excluding hydrogens is 438 g/mol. The zero-order valence-electron chi connectivity index (χ0n) is 19.6. The third kappa shape index (κ3) is 3.41. The standard InChI is InChI=1S/C27H25N7O/c1-15-20(10-8-17-9-11-21(32-22(15)17)16-6-4-3-5-7-16)23-24-25(28)30-14-31-34(24)26(33-23)18-12-19(13-18)27(35)29-2/h3-11,14,18-19H,12-13H2,1-2H3,(H,29,35)(H2,28,30,31). The Kier molecular flexibility index (Phi) is 4.95. The van der Waals surface area contributed by atoms with Gasteiger partial charge in [0.05, 0.1) is 11.2 Å². The van der Waals surface area contributed by atoms with Gasteiger partial charge in [0.2, 0.25) is 5.91 Å². The number of anilines is 1. The molecule has 0 saturated heterocycles. The fraction of sp³-hybridized carbons (Fsp3) is 0.222. The first kappa shape index (κ1) is 21.2. The number of hydrogen-bond donors (Lipinski definition) is 2. The summed E-state index contributed by atoms with van der Waals surface area (Å²) in [6.07, 6.45) is 2.93. The van der Waals surface area contributed by atoms with E-state index < -0.39 is 0 Å². The van der Waals surface area contributed by atoms with Gasteiger partial charge in [-0.2, -0.15) is 5.10 Å². The van der Waals surface area contributed by atoms with Crippen LogP contribution in [-0.4, -0.2) is 37.5 Å². The maximum absolute atomic E-state index is 12.0. The van der Waals surface area contributed by atoms with Gasteiger partial charge in [0.1, 0.15) is 23.4 Å². The zero-order chi connectivity index (χ0) is 24.1. The molecule has 1 saturated carbocycles. The number of benzene rings is 2. The van der Waals surface area contributed by atoms with E-state index in [4.69, 9.17) is 15.7 Å². The molecule has 1 amide bonds. The predicted molar refractivity (Wildman–Crippen MR) is 136 cm³/mol. The van der Waals surface area contributed by atoms with Gasteiger partial charge in [0.25, 0.3) is 0 Å². The third-order valence-electron chi connectivity index (χ3n) is 7.05. The van der Waals surface area contributed by atoms with Crippen molar-refractivity contribution in [1.29, 1.82) is 0 Å². The Morgan fingerprint density at radius 1 is 1.06 bits per heavy atom. The van der Waals surface area contributed by atoms with Crippen LogP contribution in [0.25, 0.3) is 38.9 Å². The normalized spacial score (nSPS) is 17.4. The molecule has 6 rings (SSSR count). The molecule has 3 heterocycles. The van der Waals surface area contributed by atoms with Crippen molar-refractivity contribution in [2.75, 3.05) is 12.8 Å². The molecule has 8 heteroatoms. The summed E-state index contributed by atoms with van der Waals surface area (Å²) in [6, 6.07) is 18.4. The molecule has 0 radical (unpaired) electrons. The number of nitrogen functional groups attached to an aromatic ring is 1. The molecule has 0 spiro atoms. The van der Waals surface area contributed by atoms with Gasteiger partial charge < -0.3 is 11.1 Å². The highest BCUT2D eigenvalue weighted by Gasteiger charge is 2.38. The molecule has 8 nitrogen and oxygen atoms in total. The molecule has 2 aromatic carbocycles. The average Bonchev–Trinajstić information content (AvgIpc) is 3.24. The molecule has 0 atom stereocenters. The van der Waals surface area contributed by atoms with E-state index in [0.717, 1.165) is 57.6 Å². The first-order chi connectivity index (χ1) is 17.0. The summed E-state index contributed by atoms with van der Waals surface area (Å²) in [6.45, 7) is 2.06. The largest absolute Gasteiger partial charge is 0.382 e. The van der Waals surface area contributed by atoms with Gasteiger partial charge >= 0.3 is 0 Å². The van der Waals surface area contributed by atoms with Crippen molar-refractivity contribution < 1.29 is 4.79 Å². The summed E-state index contributed by atoms with van der Waals surface area (Å²) in [5.74, 6) is 1.40. The number of nitrogens with zero attached hydrogens (tertiary/aromatic N) is 5. The number of aryl methyl sites for hydroxylation is 1. The number of amides is 1. The summed E-state index contributed by atoms with van der Waals surface area (Å²) in [5.41, 5.74) is 12.6. The number of rotatable bonds is 4. The summed E-state index contributed by atoms with van der Waals surface area (Å²) >= 11 is 0. The highest BCUT2D eigenvalue weighted by molar-refractivity contribution is 5.94. The average molecular weight is 464 g/mol. The molecule has 1 aliphatic rings. The lowest BCUT2D eigenvalue weighted by Gasteiger charge is -2.32. The Morgan fingerprint density at radius 3 is 2.60 bits per heavy atom. The van der Waals surface area contributed by atoms with Crippen LogP contribution in [0.5, 0.6) is 0 Å². The zero-order valence-corrected chi connectivity index (χ0v) is 19.6. The van der Waals surface area contributed by atoms with E-state index in [1.165, 1.54) is 6.33 Å². The van der Waals surface area contributed by atoms with Crippen molar-refractivity contribution >= 4 is 28.1 Å². The minimum absolute atomic E-state index is 0.00277. The van der Waals surface area contributed by atoms with Crippen LogP contribution in [-0.2, 0) is 4.79 Å². The highest BCUT2D eigenvalue weighted by Crippen LogP contribution is 2.43. The molecule has 3 aromatic heterocycles. The molecule has 1 fully saturated rings. The van der Waals surface area contributed by atoms with Crippen LogP contribution in [0.15, 0.2) is 60.9 Å². The summed E-state index contributed by atoms with van der Waals surface area (Å²) < 4.78 is 1.79. The maximum Gasteiger partial charge on any atom is 0.222 e. The Morgan fingerprint density at radius 2 is 1.83 bits per heavy atom. The van der Waals surface area contributed by atoms with E-state index in [9.17, 15) is 4.79 Å². The van der Waals surface area contributed by atoms with Gasteiger partial charge in [-0.15, -0.1) is 0 Å². The van der Waals surface area contributed by atoms with Gasteiger partial charge in [-0.3, -0.25) is 4.79 Å². The second-order valence-electron chi connectivity index (χ2n) is 9.08. The number of imidazole rings is 1. The Labute approximate surface area is 202 Å². The first-order valence-corrected chi connectivity index (χ1v) is 11.7. The summed E-state index contributed by atoms with van der Waals surface area (Å²) in [7, 11) is 1.67. The first-order valence-electron chi connectivity index (χ1n) is 11.7. The van der Waals surface area contributed by atoms with Gasteiger partial charge in [0, 0.05) is 35.4 Å². The second kappa shape index (κ2) is 8.16. The lowest BCUT2D eigenvalue weighted by Crippen LogP contribution is -2.36. The van der Waals surface area contributed by atoms with Crippen molar-refractivity contribution in [2.24, 2.45) is 5.92 Å². The smallest absolute Gasteiger partial charge is 0.222 e. The maximum atomic E-state index is 12.0. The van der Waals surface area contributed by atoms with Crippen molar-refractivity contribution in [3.05, 3.63) is 72.3 Å². The van der Waals surface area contributed by atoms with Crippen molar-refractivity contribution in [1.82, 2.24) is 29.9 Å². The number of hydrogen-bond acceptors (Lipinski definition) is 6. The van der Waals surface area contributed by atoms with Crippen LogP contribution in [0.1, 0.15) is 30.1 Å². The molecule has 0 bridgehead atoms. The number of carbonyl (C=O) groups is 1. The monoisotopic (exact) mass is 463 g/mol. The second-order valence-corrected chi connectivity index (χ2v) is 9.08. The lowest BCUT2D eigenvalue weighted by atomic mass is 9.74. The van der Waals surface area contributed by atoms with E-state index in [2.05, 4.69) is 52.7 Å². The quantitative estimate of drug-likeness (QED) is 0.414. The number of nitrogens with two attached hydrogens (primary N) is 1. The van der Waals surface area contributed by atoms with Gasteiger partial charge in [0.15, 0.2) is 5.82 Å². The van der Waals surface area contributed by atoms with Crippen LogP contribution in [0, 0.1) is 12.8 Å². The SMILES string of the molecule is CNC(=O)C1CC(c2nc(-c3ccc4ccc(-c5ccccc5)nc4c3C)c3c(N)ncnn23)C1. The topological polar surface area (TPSA) is 111 Å². The van der Waals surface area contributed by atoms with E-state index in [1.807, 2.05) is 24.3 Å². The molecule has 3 N–H and O–H groups in total. The van der Waals surface area contributed by atoms with Crippen molar-refractivity contribution in [3.8, 4) is 22.5 Å². The Hall–Kier alpha value is -4.33. The van der Waals surface area contributed by atoms with Crippen molar-refractivity contribution in [2.45, 2.75) is 25.7 Å². The Bertz CT molecular complexity index is 1590. The van der Waals surface area contributed by atoms with E-state index in [-0.39, 0.29) is 17.7 Å². The van der Waals surface area contributed by atoms with Gasteiger partial charge in [-0.1, -0.05) is 48.5 Å².